The summed E-state index contributed by atoms with van der Waals surface area (Å²) in [6.07, 6.45) is 4.50. The van der Waals surface area contributed by atoms with Gasteiger partial charge in [-0.15, -0.1) is 0 Å². The highest BCUT2D eigenvalue weighted by Crippen LogP contribution is 2.23. The minimum atomic E-state index is -0.317. The van der Waals surface area contributed by atoms with Crippen molar-refractivity contribution in [1.29, 1.82) is 0 Å². The Kier molecular flexibility index (Phi) is 3.66. The summed E-state index contributed by atoms with van der Waals surface area (Å²) >= 11 is 5.90. The molecule has 104 valence electrons. The summed E-state index contributed by atoms with van der Waals surface area (Å²) in [6, 6.07) is 10.5. The molecule has 5 nitrogen and oxygen atoms in total. The zero-order valence-electron chi connectivity index (χ0n) is 10.8. The van der Waals surface area contributed by atoms with Crippen LogP contribution in [0.1, 0.15) is 10.4 Å². The van der Waals surface area contributed by atoms with Crippen molar-refractivity contribution in [2.24, 2.45) is 0 Å². The van der Waals surface area contributed by atoms with E-state index >= 15 is 0 Å². The molecule has 3 rings (SSSR count). The third kappa shape index (κ3) is 2.93. The quantitative estimate of drug-likeness (QED) is 0.750. The minimum Gasteiger partial charge on any atom is -0.444 e. The Morgan fingerprint density at radius 1 is 1.24 bits per heavy atom. The van der Waals surface area contributed by atoms with Gasteiger partial charge in [-0.3, -0.25) is 4.79 Å². The Bertz CT molecular complexity index is 772. The van der Waals surface area contributed by atoms with Gasteiger partial charge in [-0.1, -0.05) is 23.7 Å². The Morgan fingerprint density at radius 2 is 2.14 bits per heavy atom. The van der Waals surface area contributed by atoms with Crippen molar-refractivity contribution in [3.8, 4) is 11.3 Å². The van der Waals surface area contributed by atoms with Crippen LogP contribution >= 0.6 is 11.6 Å². The Morgan fingerprint density at radius 3 is 2.90 bits per heavy atom. The van der Waals surface area contributed by atoms with Crippen LogP contribution in [-0.2, 0) is 0 Å². The standard InChI is InChI=1S/C15H10ClN3O2/c16-14-12(5-2-6-18-14)15(20)19-11-4-1-3-10(7-11)13-8-17-9-21-13/h1-9H,(H,19,20). The first-order valence-corrected chi connectivity index (χ1v) is 6.52. The van der Waals surface area contributed by atoms with Crippen LogP contribution < -0.4 is 5.32 Å². The number of nitrogens with one attached hydrogen (secondary N) is 1. The van der Waals surface area contributed by atoms with Crippen LogP contribution in [-0.4, -0.2) is 15.9 Å². The average molecular weight is 300 g/mol. The number of amides is 1. The number of oxazole rings is 1. The zero-order valence-corrected chi connectivity index (χ0v) is 11.5. The first-order valence-electron chi connectivity index (χ1n) is 6.15. The van der Waals surface area contributed by atoms with Crippen molar-refractivity contribution in [1.82, 2.24) is 9.97 Å². The molecule has 1 N–H and O–H groups in total. The molecule has 0 saturated heterocycles. The topological polar surface area (TPSA) is 68.0 Å². The number of carbonyl (C=O) groups is 1. The summed E-state index contributed by atoms with van der Waals surface area (Å²) in [4.78, 5) is 19.9. The van der Waals surface area contributed by atoms with Gasteiger partial charge in [0.15, 0.2) is 12.2 Å². The van der Waals surface area contributed by atoms with E-state index in [1.807, 2.05) is 12.1 Å². The molecule has 0 unspecified atom stereocenters. The summed E-state index contributed by atoms with van der Waals surface area (Å²) in [5, 5.41) is 2.94. The lowest BCUT2D eigenvalue weighted by Crippen LogP contribution is -2.12. The second-order valence-electron chi connectivity index (χ2n) is 4.24. The normalized spacial score (nSPS) is 10.3. The molecule has 1 amide bonds. The van der Waals surface area contributed by atoms with Gasteiger partial charge in [0, 0.05) is 17.4 Å². The van der Waals surface area contributed by atoms with E-state index in [2.05, 4.69) is 15.3 Å². The average Bonchev–Trinajstić information content (AvgIpc) is 3.02. The van der Waals surface area contributed by atoms with Crippen molar-refractivity contribution in [3.63, 3.8) is 0 Å². The van der Waals surface area contributed by atoms with Crippen molar-refractivity contribution >= 4 is 23.2 Å². The molecule has 0 fully saturated rings. The summed E-state index contributed by atoms with van der Waals surface area (Å²) in [5.74, 6) is 0.313. The number of nitrogens with zero attached hydrogens (tertiary/aromatic N) is 2. The Labute approximate surface area is 125 Å². The first kappa shape index (κ1) is 13.3. The number of rotatable bonds is 3. The van der Waals surface area contributed by atoms with E-state index in [0.717, 1.165) is 5.56 Å². The molecule has 0 aliphatic carbocycles. The van der Waals surface area contributed by atoms with Crippen LogP contribution in [0.2, 0.25) is 5.15 Å². The van der Waals surface area contributed by atoms with E-state index in [-0.39, 0.29) is 11.1 Å². The van der Waals surface area contributed by atoms with Gasteiger partial charge in [-0.2, -0.15) is 0 Å². The number of benzene rings is 1. The molecule has 0 aliphatic heterocycles. The second kappa shape index (κ2) is 5.76. The van der Waals surface area contributed by atoms with E-state index in [9.17, 15) is 4.79 Å². The van der Waals surface area contributed by atoms with Crippen LogP contribution in [0.25, 0.3) is 11.3 Å². The largest absolute Gasteiger partial charge is 0.444 e. The van der Waals surface area contributed by atoms with E-state index in [0.29, 0.717) is 17.0 Å². The van der Waals surface area contributed by atoms with Gasteiger partial charge in [0.05, 0.1) is 11.8 Å². The summed E-state index contributed by atoms with van der Waals surface area (Å²) in [7, 11) is 0. The predicted octanol–water partition coefficient (Wildman–Crippen LogP) is 3.64. The third-order valence-corrected chi connectivity index (χ3v) is 3.14. The van der Waals surface area contributed by atoms with E-state index in [1.165, 1.54) is 12.6 Å². The fraction of sp³-hybridized carbons (Fsp3) is 0. The summed E-state index contributed by atoms with van der Waals surface area (Å²) in [6.45, 7) is 0. The van der Waals surface area contributed by atoms with Crippen molar-refractivity contribution < 1.29 is 9.21 Å². The SMILES string of the molecule is O=C(Nc1cccc(-c2cnco2)c1)c1cccnc1Cl. The smallest absolute Gasteiger partial charge is 0.258 e. The molecule has 6 heteroatoms. The summed E-state index contributed by atoms with van der Waals surface area (Å²) in [5.41, 5.74) is 1.78. The van der Waals surface area contributed by atoms with Gasteiger partial charge in [0.1, 0.15) is 5.15 Å². The molecule has 0 atom stereocenters. The van der Waals surface area contributed by atoms with E-state index in [1.54, 1.807) is 30.5 Å². The van der Waals surface area contributed by atoms with Gasteiger partial charge in [-0.25, -0.2) is 9.97 Å². The molecular weight excluding hydrogens is 290 g/mol. The fourth-order valence-corrected chi connectivity index (χ4v) is 2.07. The summed E-state index contributed by atoms with van der Waals surface area (Å²) < 4.78 is 5.23. The van der Waals surface area contributed by atoms with Crippen LogP contribution in [0, 0.1) is 0 Å². The molecule has 1 aromatic carbocycles. The second-order valence-corrected chi connectivity index (χ2v) is 4.60. The maximum atomic E-state index is 12.2. The molecule has 0 spiro atoms. The molecule has 0 radical (unpaired) electrons. The minimum absolute atomic E-state index is 0.168. The molecule has 0 saturated carbocycles. The monoisotopic (exact) mass is 299 g/mol. The van der Waals surface area contributed by atoms with E-state index in [4.69, 9.17) is 16.0 Å². The van der Waals surface area contributed by atoms with E-state index < -0.39 is 0 Å². The fourth-order valence-electron chi connectivity index (χ4n) is 1.86. The Hall–Kier alpha value is -2.66. The number of hydrogen-bond acceptors (Lipinski definition) is 4. The highest BCUT2D eigenvalue weighted by molar-refractivity contribution is 6.33. The zero-order chi connectivity index (χ0) is 14.7. The lowest BCUT2D eigenvalue weighted by atomic mass is 10.1. The van der Waals surface area contributed by atoms with Gasteiger partial charge in [0.25, 0.3) is 5.91 Å². The Balaban J connectivity index is 1.84. The van der Waals surface area contributed by atoms with Crippen LogP contribution in [0.3, 0.4) is 0 Å². The highest BCUT2D eigenvalue weighted by atomic mass is 35.5. The number of pyridine rings is 1. The van der Waals surface area contributed by atoms with Gasteiger partial charge >= 0.3 is 0 Å². The number of anilines is 1. The van der Waals surface area contributed by atoms with Crippen molar-refractivity contribution in [2.75, 3.05) is 5.32 Å². The molecule has 2 heterocycles. The maximum Gasteiger partial charge on any atom is 0.258 e. The van der Waals surface area contributed by atoms with Gasteiger partial charge < -0.3 is 9.73 Å². The molecule has 21 heavy (non-hydrogen) atoms. The molecule has 0 bridgehead atoms. The van der Waals surface area contributed by atoms with Gasteiger partial charge in [-0.05, 0) is 24.3 Å². The molecular formula is C15H10ClN3O2. The number of halogens is 1. The maximum absolute atomic E-state index is 12.2. The van der Waals surface area contributed by atoms with Crippen LogP contribution in [0.15, 0.2) is 59.6 Å². The van der Waals surface area contributed by atoms with Crippen LogP contribution in [0.5, 0.6) is 0 Å². The molecule has 0 aliphatic rings. The van der Waals surface area contributed by atoms with Crippen LogP contribution in [0.4, 0.5) is 5.69 Å². The lowest BCUT2D eigenvalue weighted by molar-refractivity contribution is 0.102. The molecule has 3 aromatic rings. The number of hydrogen-bond donors (Lipinski definition) is 1. The lowest BCUT2D eigenvalue weighted by Gasteiger charge is -2.07. The third-order valence-electron chi connectivity index (χ3n) is 2.84. The number of aromatic nitrogens is 2. The predicted molar refractivity (Wildman–Crippen MR) is 79.1 cm³/mol. The highest BCUT2D eigenvalue weighted by Gasteiger charge is 2.11. The molecule has 2 aromatic heterocycles. The van der Waals surface area contributed by atoms with Gasteiger partial charge in [0.2, 0.25) is 0 Å². The number of carbonyl (C=O) groups excluding carboxylic acids is 1. The van der Waals surface area contributed by atoms with Crippen molar-refractivity contribution in [3.05, 3.63) is 65.9 Å². The first-order chi connectivity index (χ1) is 10.2. The van der Waals surface area contributed by atoms with Crippen molar-refractivity contribution in [2.45, 2.75) is 0 Å².